The molecule has 13 heavy (non-hydrogen) atoms. The van der Waals surface area contributed by atoms with E-state index >= 15 is 0 Å². The van der Waals surface area contributed by atoms with E-state index in [4.69, 9.17) is 0 Å². The third-order valence-electron chi connectivity index (χ3n) is 1.76. The van der Waals surface area contributed by atoms with Gasteiger partial charge in [-0.3, -0.25) is 9.78 Å². The van der Waals surface area contributed by atoms with Crippen LogP contribution in [0.15, 0.2) is 11.7 Å². The highest BCUT2D eigenvalue weighted by Gasteiger charge is 2.09. The van der Waals surface area contributed by atoms with Gasteiger partial charge >= 0.3 is 0 Å². The first-order valence-corrected chi connectivity index (χ1v) is 5.31. The molecular formula is C9H14N2OS. The van der Waals surface area contributed by atoms with Crippen molar-refractivity contribution in [3.05, 3.63) is 16.6 Å². The Labute approximate surface area is 82.2 Å². The molecule has 0 spiro atoms. The van der Waals surface area contributed by atoms with Gasteiger partial charge in [0.25, 0.3) is 5.91 Å². The molecule has 0 bridgehead atoms. The van der Waals surface area contributed by atoms with Gasteiger partial charge < -0.3 is 5.32 Å². The van der Waals surface area contributed by atoms with Crippen molar-refractivity contribution in [2.75, 3.05) is 0 Å². The van der Waals surface area contributed by atoms with E-state index in [1.165, 1.54) is 11.3 Å². The summed E-state index contributed by atoms with van der Waals surface area (Å²) in [5.74, 6) is -0.0107. The largest absolute Gasteiger partial charge is 0.349 e. The van der Waals surface area contributed by atoms with E-state index in [-0.39, 0.29) is 11.9 Å². The molecule has 1 aromatic rings. The number of rotatable bonds is 4. The molecule has 1 atom stereocenters. The fourth-order valence-corrected chi connectivity index (χ4v) is 1.65. The zero-order valence-corrected chi connectivity index (χ0v) is 8.73. The molecule has 0 fully saturated rings. The zero-order chi connectivity index (χ0) is 9.68. The molecule has 1 amide bonds. The van der Waals surface area contributed by atoms with Gasteiger partial charge in [0.05, 0.1) is 11.7 Å². The van der Waals surface area contributed by atoms with Gasteiger partial charge in [0, 0.05) is 6.04 Å². The summed E-state index contributed by atoms with van der Waals surface area (Å²) in [7, 11) is 0. The fraction of sp³-hybridized carbons (Fsp3) is 0.556. The molecule has 0 aliphatic rings. The lowest BCUT2D eigenvalue weighted by molar-refractivity contribution is 0.0942. The van der Waals surface area contributed by atoms with Crippen molar-refractivity contribution in [2.24, 2.45) is 0 Å². The van der Waals surface area contributed by atoms with E-state index in [2.05, 4.69) is 17.2 Å². The van der Waals surface area contributed by atoms with Crippen LogP contribution in [0.4, 0.5) is 0 Å². The summed E-state index contributed by atoms with van der Waals surface area (Å²) < 4.78 is 0. The van der Waals surface area contributed by atoms with Crippen LogP contribution in [-0.4, -0.2) is 16.9 Å². The molecule has 0 saturated heterocycles. The number of carbonyl (C=O) groups is 1. The van der Waals surface area contributed by atoms with Gasteiger partial charge in [0.1, 0.15) is 4.88 Å². The molecule has 72 valence electrons. The minimum atomic E-state index is -0.0107. The summed E-state index contributed by atoms with van der Waals surface area (Å²) in [6, 6.07) is 0.250. The minimum Gasteiger partial charge on any atom is -0.349 e. The second-order valence-corrected chi connectivity index (χ2v) is 3.92. The molecule has 4 heteroatoms. The molecule has 0 radical (unpaired) electrons. The van der Waals surface area contributed by atoms with Crippen LogP contribution in [0.2, 0.25) is 0 Å². The van der Waals surface area contributed by atoms with Crippen molar-refractivity contribution >= 4 is 17.2 Å². The fourth-order valence-electron chi connectivity index (χ4n) is 1.13. The Kier molecular flexibility index (Phi) is 3.89. The topological polar surface area (TPSA) is 42.0 Å². The highest BCUT2D eigenvalue weighted by molar-refractivity contribution is 7.11. The average molecular weight is 198 g/mol. The van der Waals surface area contributed by atoms with Gasteiger partial charge in [0.15, 0.2) is 0 Å². The van der Waals surface area contributed by atoms with Gasteiger partial charge in [0.2, 0.25) is 0 Å². The molecule has 0 saturated carbocycles. The Bertz CT molecular complexity index is 259. The van der Waals surface area contributed by atoms with Crippen LogP contribution in [0.1, 0.15) is 36.4 Å². The van der Waals surface area contributed by atoms with Crippen molar-refractivity contribution in [1.82, 2.24) is 10.3 Å². The lowest BCUT2D eigenvalue weighted by Gasteiger charge is -2.10. The number of nitrogens with one attached hydrogen (secondary N) is 1. The number of amides is 1. The molecule has 1 N–H and O–H groups in total. The molecule has 1 heterocycles. The van der Waals surface area contributed by atoms with Crippen molar-refractivity contribution in [2.45, 2.75) is 32.7 Å². The highest BCUT2D eigenvalue weighted by Crippen LogP contribution is 2.06. The molecule has 0 aliphatic carbocycles. The molecule has 3 nitrogen and oxygen atoms in total. The quantitative estimate of drug-likeness (QED) is 0.804. The maximum atomic E-state index is 11.5. The normalized spacial score (nSPS) is 12.5. The Balaban J connectivity index is 2.42. The van der Waals surface area contributed by atoms with E-state index in [0.717, 1.165) is 12.8 Å². The number of hydrogen-bond acceptors (Lipinski definition) is 3. The van der Waals surface area contributed by atoms with Crippen molar-refractivity contribution < 1.29 is 4.79 Å². The summed E-state index contributed by atoms with van der Waals surface area (Å²) >= 11 is 1.37. The zero-order valence-electron chi connectivity index (χ0n) is 7.91. The standard InChI is InChI=1S/C9H14N2OS/c1-3-4-7(2)11-9(12)8-5-10-6-13-8/h5-7H,3-4H2,1-2H3,(H,11,12)/t7-/m1/s1. The van der Waals surface area contributed by atoms with E-state index in [9.17, 15) is 4.79 Å². The molecular weight excluding hydrogens is 184 g/mol. The third kappa shape index (κ3) is 3.14. The lowest BCUT2D eigenvalue weighted by atomic mass is 10.2. The number of thiazole rings is 1. The van der Waals surface area contributed by atoms with Crippen LogP contribution < -0.4 is 5.32 Å². The maximum Gasteiger partial charge on any atom is 0.263 e. The summed E-state index contributed by atoms with van der Waals surface area (Å²) in [6.07, 6.45) is 3.70. The summed E-state index contributed by atoms with van der Waals surface area (Å²) in [6.45, 7) is 4.12. The Morgan fingerprint density at radius 3 is 3.08 bits per heavy atom. The molecule has 1 rings (SSSR count). The van der Waals surface area contributed by atoms with Gasteiger partial charge in [-0.2, -0.15) is 0 Å². The van der Waals surface area contributed by atoms with Crippen LogP contribution in [0.3, 0.4) is 0 Å². The summed E-state index contributed by atoms with van der Waals surface area (Å²) in [5.41, 5.74) is 1.67. The summed E-state index contributed by atoms with van der Waals surface area (Å²) in [4.78, 5) is 16.0. The van der Waals surface area contributed by atoms with Crippen LogP contribution in [0.5, 0.6) is 0 Å². The number of carbonyl (C=O) groups excluding carboxylic acids is 1. The number of hydrogen-bond donors (Lipinski definition) is 1. The average Bonchev–Trinajstić information content (AvgIpc) is 2.55. The summed E-state index contributed by atoms with van der Waals surface area (Å²) in [5, 5.41) is 2.91. The maximum absolute atomic E-state index is 11.5. The Hall–Kier alpha value is -0.900. The molecule has 0 aliphatic heterocycles. The van der Waals surface area contributed by atoms with Gasteiger partial charge in [-0.25, -0.2) is 0 Å². The smallest absolute Gasteiger partial charge is 0.263 e. The molecule has 0 aromatic carbocycles. The van der Waals surface area contributed by atoms with E-state index < -0.39 is 0 Å². The van der Waals surface area contributed by atoms with Crippen LogP contribution >= 0.6 is 11.3 Å². The Morgan fingerprint density at radius 2 is 2.54 bits per heavy atom. The van der Waals surface area contributed by atoms with Gasteiger partial charge in [-0.15, -0.1) is 11.3 Å². The molecule has 1 aromatic heterocycles. The van der Waals surface area contributed by atoms with Crippen molar-refractivity contribution in [1.29, 1.82) is 0 Å². The first-order valence-electron chi connectivity index (χ1n) is 4.43. The third-order valence-corrected chi connectivity index (χ3v) is 2.53. The van der Waals surface area contributed by atoms with Crippen molar-refractivity contribution in [3.63, 3.8) is 0 Å². The van der Waals surface area contributed by atoms with Crippen molar-refractivity contribution in [3.8, 4) is 0 Å². The predicted octanol–water partition coefficient (Wildman–Crippen LogP) is 2.06. The Morgan fingerprint density at radius 1 is 1.77 bits per heavy atom. The van der Waals surface area contributed by atoms with Gasteiger partial charge in [-0.1, -0.05) is 13.3 Å². The number of aromatic nitrogens is 1. The lowest BCUT2D eigenvalue weighted by Crippen LogP contribution is -2.31. The minimum absolute atomic E-state index is 0.0107. The second-order valence-electron chi connectivity index (χ2n) is 3.03. The number of nitrogens with zero attached hydrogens (tertiary/aromatic N) is 1. The van der Waals surface area contributed by atoms with E-state index in [0.29, 0.717) is 4.88 Å². The van der Waals surface area contributed by atoms with E-state index in [1.807, 2.05) is 6.92 Å². The highest BCUT2D eigenvalue weighted by atomic mass is 32.1. The van der Waals surface area contributed by atoms with Crippen LogP contribution in [0.25, 0.3) is 0 Å². The predicted molar refractivity (Wildman–Crippen MR) is 54.0 cm³/mol. The first kappa shape index (κ1) is 10.2. The second kappa shape index (κ2) is 4.97. The molecule has 0 unspecified atom stereocenters. The van der Waals surface area contributed by atoms with E-state index in [1.54, 1.807) is 11.7 Å². The monoisotopic (exact) mass is 198 g/mol. The first-order chi connectivity index (χ1) is 6.24. The van der Waals surface area contributed by atoms with Crippen LogP contribution in [0, 0.1) is 0 Å². The van der Waals surface area contributed by atoms with Crippen LogP contribution in [-0.2, 0) is 0 Å². The SMILES string of the molecule is CCC[C@@H](C)NC(=O)c1cncs1. The van der Waals surface area contributed by atoms with Gasteiger partial charge in [-0.05, 0) is 13.3 Å².